The van der Waals surface area contributed by atoms with Crippen LogP contribution >= 0.6 is 0 Å². The molecule has 0 aromatic carbocycles. The van der Waals surface area contributed by atoms with E-state index in [0.717, 1.165) is 19.0 Å². The lowest BCUT2D eigenvalue weighted by molar-refractivity contribution is 0.282. The molecule has 0 aliphatic rings. The van der Waals surface area contributed by atoms with Crippen LogP contribution in [0, 0.1) is 17.3 Å². The molecule has 2 nitrogen and oxygen atoms in total. The molecule has 4 N–H and O–H groups in total. The van der Waals surface area contributed by atoms with E-state index >= 15 is 0 Å². The van der Waals surface area contributed by atoms with E-state index in [0.29, 0.717) is 11.3 Å². The van der Waals surface area contributed by atoms with Crippen LogP contribution in [0.3, 0.4) is 0 Å². The zero-order chi connectivity index (χ0) is 11.2. The van der Waals surface area contributed by atoms with Gasteiger partial charge in [0.2, 0.25) is 0 Å². The van der Waals surface area contributed by atoms with Crippen LogP contribution in [-0.4, -0.2) is 13.1 Å². The summed E-state index contributed by atoms with van der Waals surface area (Å²) in [5.74, 6) is 1.31. The standard InChI is InChI=1S/C12H28N2/c1-10(7-12(2,3)4)5-6-11(8-13)9-14/h10-11H,5-9,13-14H2,1-4H3. The quantitative estimate of drug-likeness (QED) is 0.691. The minimum atomic E-state index is 0.445. The minimum Gasteiger partial charge on any atom is -0.330 e. The molecule has 0 amide bonds. The average Bonchev–Trinajstić information content (AvgIpc) is 2.03. The van der Waals surface area contributed by atoms with Crippen molar-refractivity contribution in [3.63, 3.8) is 0 Å². The summed E-state index contributed by atoms with van der Waals surface area (Å²) in [5, 5.41) is 0. The molecule has 0 fully saturated rings. The summed E-state index contributed by atoms with van der Waals surface area (Å²) in [6.07, 6.45) is 3.73. The van der Waals surface area contributed by atoms with Crippen molar-refractivity contribution >= 4 is 0 Å². The Hall–Kier alpha value is -0.0800. The van der Waals surface area contributed by atoms with E-state index in [4.69, 9.17) is 11.5 Å². The van der Waals surface area contributed by atoms with Gasteiger partial charge in [0.1, 0.15) is 0 Å². The maximum Gasteiger partial charge on any atom is -0.00368 e. The Morgan fingerprint density at radius 3 is 1.86 bits per heavy atom. The number of hydrogen-bond donors (Lipinski definition) is 2. The molecule has 0 bridgehead atoms. The van der Waals surface area contributed by atoms with E-state index < -0.39 is 0 Å². The van der Waals surface area contributed by atoms with E-state index in [1.54, 1.807) is 0 Å². The van der Waals surface area contributed by atoms with Gasteiger partial charge in [-0.2, -0.15) is 0 Å². The van der Waals surface area contributed by atoms with Gasteiger partial charge in [-0.1, -0.05) is 34.1 Å². The molecule has 0 saturated carbocycles. The molecule has 0 heterocycles. The smallest absolute Gasteiger partial charge is 0.00368 e. The first-order chi connectivity index (χ1) is 6.39. The van der Waals surface area contributed by atoms with Crippen LogP contribution in [0.5, 0.6) is 0 Å². The third-order valence-electron chi connectivity index (χ3n) is 2.70. The van der Waals surface area contributed by atoms with E-state index in [1.807, 2.05) is 0 Å². The molecule has 2 heteroatoms. The highest BCUT2D eigenvalue weighted by Crippen LogP contribution is 2.27. The molecule has 0 aliphatic heterocycles. The fraction of sp³-hybridized carbons (Fsp3) is 1.00. The SMILES string of the molecule is CC(CCC(CN)CN)CC(C)(C)C. The lowest BCUT2D eigenvalue weighted by atomic mass is 9.82. The molecule has 14 heavy (non-hydrogen) atoms. The zero-order valence-corrected chi connectivity index (χ0v) is 10.3. The molecule has 0 rings (SSSR count). The zero-order valence-electron chi connectivity index (χ0n) is 10.3. The van der Waals surface area contributed by atoms with Gasteiger partial charge in [0.15, 0.2) is 0 Å². The van der Waals surface area contributed by atoms with Gasteiger partial charge in [0, 0.05) is 0 Å². The van der Waals surface area contributed by atoms with Crippen molar-refractivity contribution in [1.82, 2.24) is 0 Å². The van der Waals surface area contributed by atoms with Gasteiger partial charge in [-0.3, -0.25) is 0 Å². The second kappa shape index (κ2) is 6.41. The largest absolute Gasteiger partial charge is 0.330 e. The molecule has 0 radical (unpaired) electrons. The molecular weight excluding hydrogens is 172 g/mol. The summed E-state index contributed by atoms with van der Waals surface area (Å²) < 4.78 is 0. The van der Waals surface area contributed by atoms with Crippen molar-refractivity contribution in [3.05, 3.63) is 0 Å². The molecule has 0 aromatic heterocycles. The highest BCUT2D eigenvalue weighted by molar-refractivity contribution is 4.69. The summed E-state index contributed by atoms with van der Waals surface area (Å²) in [6, 6.07) is 0. The van der Waals surface area contributed by atoms with Crippen LogP contribution in [0.4, 0.5) is 0 Å². The first kappa shape index (κ1) is 13.9. The van der Waals surface area contributed by atoms with Crippen molar-refractivity contribution in [2.75, 3.05) is 13.1 Å². The Morgan fingerprint density at radius 2 is 1.50 bits per heavy atom. The highest BCUT2D eigenvalue weighted by Gasteiger charge is 2.16. The van der Waals surface area contributed by atoms with Crippen molar-refractivity contribution < 1.29 is 0 Å². The van der Waals surface area contributed by atoms with Crippen LogP contribution in [0.1, 0.15) is 47.0 Å². The van der Waals surface area contributed by atoms with Crippen molar-refractivity contribution in [2.45, 2.75) is 47.0 Å². The van der Waals surface area contributed by atoms with Crippen LogP contribution in [-0.2, 0) is 0 Å². The first-order valence-corrected chi connectivity index (χ1v) is 5.79. The minimum absolute atomic E-state index is 0.445. The molecule has 0 spiro atoms. The van der Waals surface area contributed by atoms with Crippen LogP contribution in [0.25, 0.3) is 0 Å². The molecule has 0 aliphatic carbocycles. The number of hydrogen-bond acceptors (Lipinski definition) is 2. The third-order valence-corrected chi connectivity index (χ3v) is 2.70. The van der Waals surface area contributed by atoms with Crippen LogP contribution in [0.2, 0.25) is 0 Å². The van der Waals surface area contributed by atoms with Crippen molar-refractivity contribution in [2.24, 2.45) is 28.7 Å². The van der Waals surface area contributed by atoms with Gasteiger partial charge in [0.05, 0.1) is 0 Å². The summed E-state index contributed by atoms with van der Waals surface area (Å²) in [7, 11) is 0. The van der Waals surface area contributed by atoms with Crippen LogP contribution < -0.4 is 11.5 Å². The van der Waals surface area contributed by atoms with Gasteiger partial charge in [-0.15, -0.1) is 0 Å². The normalized spacial score (nSPS) is 14.8. The average molecular weight is 200 g/mol. The highest BCUT2D eigenvalue weighted by atomic mass is 14.6. The van der Waals surface area contributed by atoms with Gasteiger partial charge < -0.3 is 11.5 Å². The Bertz CT molecular complexity index is 134. The van der Waals surface area contributed by atoms with E-state index in [-0.39, 0.29) is 0 Å². The lowest BCUT2D eigenvalue weighted by Gasteiger charge is -2.24. The predicted octanol–water partition coefficient (Wildman–Crippen LogP) is 2.37. The summed E-state index contributed by atoms with van der Waals surface area (Å²) in [4.78, 5) is 0. The summed E-state index contributed by atoms with van der Waals surface area (Å²) >= 11 is 0. The van der Waals surface area contributed by atoms with Gasteiger partial charge in [-0.25, -0.2) is 0 Å². The van der Waals surface area contributed by atoms with E-state index in [9.17, 15) is 0 Å². The monoisotopic (exact) mass is 200 g/mol. The maximum atomic E-state index is 5.62. The van der Waals surface area contributed by atoms with Crippen molar-refractivity contribution in [1.29, 1.82) is 0 Å². The fourth-order valence-corrected chi connectivity index (χ4v) is 2.00. The molecule has 0 saturated heterocycles. The second-order valence-electron chi connectivity index (χ2n) is 5.78. The lowest BCUT2D eigenvalue weighted by Crippen LogP contribution is -2.24. The summed E-state index contributed by atoms with van der Waals surface area (Å²) in [6.45, 7) is 10.7. The molecule has 86 valence electrons. The Labute approximate surface area is 89.4 Å². The van der Waals surface area contributed by atoms with Crippen LogP contribution in [0.15, 0.2) is 0 Å². The van der Waals surface area contributed by atoms with E-state index in [1.165, 1.54) is 19.3 Å². The molecule has 0 aromatic rings. The Kier molecular flexibility index (Phi) is 6.38. The topological polar surface area (TPSA) is 52.0 Å². The Morgan fingerprint density at radius 1 is 1.00 bits per heavy atom. The predicted molar refractivity (Wildman–Crippen MR) is 64.1 cm³/mol. The van der Waals surface area contributed by atoms with Gasteiger partial charge >= 0.3 is 0 Å². The third kappa shape index (κ3) is 7.34. The number of rotatable bonds is 6. The Balaban J connectivity index is 3.67. The van der Waals surface area contributed by atoms with Gasteiger partial charge in [0.25, 0.3) is 0 Å². The second-order valence-corrected chi connectivity index (χ2v) is 5.78. The molecule has 1 unspecified atom stereocenters. The number of nitrogens with two attached hydrogens (primary N) is 2. The van der Waals surface area contributed by atoms with Gasteiger partial charge in [-0.05, 0) is 43.2 Å². The molecular formula is C12H28N2. The first-order valence-electron chi connectivity index (χ1n) is 5.79. The van der Waals surface area contributed by atoms with Crippen molar-refractivity contribution in [3.8, 4) is 0 Å². The maximum absolute atomic E-state index is 5.62. The van der Waals surface area contributed by atoms with E-state index in [2.05, 4.69) is 27.7 Å². The summed E-state index contributed by atoms with van der Waals surface area (Å²) in [5.41, 5.74) is 11.7. The molecule has 1 atom stereocenters. The fourth-order valence-electron chi connectivity index (χ4n) is 2.00.